The maximum atomic E-state index is 12.8. The Morgan fingerprint density at radius 3 is 2.73 bits per heavy atom. The summed E-state index contributed by atoms with van der Waals surface area (Å²) in [5, 5.41) is 9.87. The van der Waals surface area contributed by atoms with Crippen LogP contribution in [-0.2, 0) is 6.18 Å². The third-order valence-corrected chi connectivity index (χ3v) is 4.65. The summed E-state index contributed by atoms with van der Waals surface area (Å²) in [6.45, 7) is 2.34. The Labute approximate surface area is 152 Å². The number of aromatic nitrogens is 1. The van der Waals surface area contributed by atoms with Crippen molar-refractivity contribution in [1.82, 2.24) is 4.98 Å². The molecule has 3 nitrogen and oxygen atoms in total. The fourth-order valence-electron chi connectivity index (χ4n) is 2.40. The summed E-state index contributed by atoms with van der Waals surface area (Å²) in [5.41, 5.74) is 0.443. The number of thiazole rings is 1. The zero-order valence-electron chi connectivity index (χ0n) is 13.7. The third kappa shape index (κ3) is 3.70. The lowest BCUT2D eigenvalue weighted by molar-refractivity contribution is -0.137. The zero-order valence-corrected chi connectivity index (χ0v) is 14.5. The Hall–Kier alpha value is -2.85. The number of hydrogen-bond acceptors (Lipinski definition) is 4. The summed E-state index contributed by atoms with van der Waals surface area (Å²) in [6.07, 6.45) is -2.80. The Balaban J connectivity index is 2.05. The Morgan fingerprint density at radius 2 is 2.04 bits per heavy atom. The van der Waals surface area contributed by atoms with Crippen molar-refractivity contribution in [3.05, 3.63) is 58.6 Å². The highest BCUT2D eigenvalue weighted by molar-refractivity contribution is 7.19. The molecule has 0 saturated carbocycles. The van der Waals surface area contributed by atoms with E-state index in [0.717, 1.165) is 12.1 Å². The molecule has 0 aliphatic carbocycles. The van der Waals surface area contributed by atoms with Gasteiger partial charge in [0.2, 0.25) is 0 Å². The highest BCUT2D eigenvalue weighted by Gasteiger charge is 2.30. The van der Waals surface area contributed by atoms with Crippen LogP contribution in [0.2, 0.25) is 0 Å². The van der Waals surface area contributed by atoms with E-state index >= 15 is 0 Å². The van der Waals surface area contributed by atoms with E-state index in [9.17, 15) is 18.4 Å². The van der Waals surface area contributed by atoms with Crippen LogP contribution >= 0.6 is 11.3 Å². The van der Waals surface area contributed by atoms with Crippen molar-refractivity contribution >= 4 is 33.2 Å². The third-order valence-electron chi connectivity index (χ3n) is 3.58. The first-order valence-corrected chi connectivity index (χ1v) is 8.56. The summed E-state index contributed by atoms with van der Waals surface area (Å²) in [6, 6.07) is 12.7. The van der Waals surface area contributed by atoms with E-state index in [1.807, 2.05) is 19.1 Å². The van der Waals surface area contributed by atoms with Crippen LogP contribution in [0.5, 0.6) is 5.75 Å². The smallest absolute Gasteiger partial charge is 0.416 e. The Kier molecular flexibility index (Phi) is 4.96. The van der Waals surface area contributed by atoms with Crippen LogP contribution in [0.15, 0.2) is 42.5 Å². The molecular weight excluding hydrogens is 361 g/mol. The van der Waals surface area contributed by atoms with Crippen LogP contribution in [0.1, 0.15) is 23.1 Å². The number of benzene rings is 2. The molecule has 0 amide bonds. The molecule has 0 N–H and O–H groups in total. The van der Waals surface area contributed by atoms with Crippen LogP contribution in [0.3, 0.4) is 0 Å². The lowest BCUT2D eigenvalue weighted by atomic mass is 10.1. The number of allylic oxidation sites excluding steroid dienone is 1. The average Bonchev–Trinajstić information content (AvgIpc) is 3.03. The van der Waals surface area contributed by atoms with Crippen molar-refractivity contribution in [2.45, 2.75) is 13.1 Å². The topological polar surface area (TPSA) is 45.9 Å². The minimum absolute atomic E-state index is 0.221. The quantitative estimate of drug-likeness (QED) is 0.544. The first-order valence-electron chi connectivity index (χ1n) is 7.74. The van der Waals surface area contributed by atoms with Crippen LogP contribution in [-0.4, -0.2) is 11.6 Å². The maximum absolute atomic E-state index is 12.8. The molecule has 3 aromatic rings. The summed E-state index contributed by atoms with van der Waals surface area (Å²) in [5.74, 6) is 0.628. The lowest BCUT2D eigenvalue weighted by Gasteiger charge is -2.06. The molecule has 0 bridgehead atoms. The van der Waals surface area contributed by atoms with E-state index in [2.05, 4.69) is 11.1 Å². The van der Waals surface area contributed by atoms with Gasteiger partial charge in [-0.15, -0.1) is 11.3 Å². The number of fused-ring (bicyclic) bond motifs is 1. The van der Waals surface area contributed by atoms with Gasteiger partial charge < -0.3 is 4.74 Å². The number of halogens is 3. The number of nitriles is 1. The summed E-state index contributed by atoms with van der Waals surface area (Å²) in [7, 11) is 0. The van der Waals surface area contributed by atoms with Gasteiger partial charge in [-0.3, -0.25) is 0 Å². The summed E-state index contributed by atoms with van der Waals surface area (Å²) in [4.78, 5) is 4.22. The molecule has 26 heavy (non-hydrogen) atoms. The second kappa shape index (κ2) is 7.18. The van der Waals surface area contributed by atoms with Gasteiger partial charge in [-0.05, 0) is 37.3 Å². The second-order valence-electron chi connectivity index (χ2n) is 5.34. The van der Waals surface area contributed by atoms with Gasteiger partial charge in [0.25, 0.3) is 0 Å². The number of rotatable bonds is 4. The van der Waals surface area contributed by atoms with Gasteiger partial charge in [-0.1, -0.05) is 18.2 Å². The van der Waals surface area contributed by atoms with E-state index in [1.165, 1.54) is 17.4 Å². The minimum atomic E-state index is -4.43. The van der Waals surface area contributed by atoms with Crippen molar-refractivity contribution in [3.63, 3.8) is 0 Å². The van der Waals surface area contributed by atoms with Gasteiger partial charge in [0.15, 0.2) is 0 Å². The first-order chi connectivity index (χ1) is 12.4. The fourth-order valence-corrected chi connectivity index (χ4v) is 3.32. The van der Waals surface area contributed by atoms with E-state index in [0.29, 0.717) is 27.6 Å². The fraction of sp³-hybridized carbons (Fsp3) is 0.158. The molecule has 0 radical (unpaired) electrons. The van der Waals surface area contributed by atoms with Crippen LogP contribution in [0, 0.1) is 11.3 Å². The first kappa shape index (κ1) is 18.0. The maximum Gasteiger partial charge on any atom is 0.416 e. The molecule has 0 atom stereocenters. The second-order valence-corrected chi connectivity index (χ2v) is 6.37. The summed E-state index contributed by atoms with van der Waals surface area (Å²) < 4.78 is 44.7. The minimum Gasteiger partial charge on any atom is -0.493 e. The number of hydrogen-bond donors (Lipinski definition) is 0. The zero-order chi connectivity index (χ0) is 18.7. The van der Waals surface area contributed by atoms with Crippen molar-refractivity contribution in [2.24, 2.45) is 0 Å². The van der Waals surface area contributed by atoms with Crippen LogP contribution in [0.25, 0.3) is 21.9 Å². The van der Waals surface area contributed by atoms with Gasteiger partial charge in [0.1, 0.15) is 16.8 Å². The van der Waals surface area contributed by atoms with Crippen molar-refractivity contribution in [3.8, 4) is 11.8 Å². The molecule has 1 aromatic heterocycles. The molecule has 7 heteroatoms. The molecule has 132 valence electrons. The monoisotopic (exact) mass is 374 g/mol. The normalized spacial score (nSPS) is 12.2. The van der Waals surface area contributed by atoms with E-state index in [4.69, 9.17) is 4.74 Å². The van der Waals surface area contributed by atoms with Gasteiger partial charge in [0.05, 0.1) is 28.0 Å². The molecule has 0 unspecified atom stereocenters. The SMILES string of the molecule is CCOc1ccccc1/C=C(\C#N)c1nc2cc(C(F)(F)F)ccc2s1. The number of ether oxygens (including phenoxy) is 1. The van der Waals surface area contributed by atoms with Crippen molar-refractivity contribution in [2.75, 3.05) is 6.61 Å². The number of nitrogens with zero attached hydrogens (tertiary/aromatic N) is 2. The van der Waals surface area contributed by atoms with E-state index in [1.54, 1.807) is 18.2 Å². The number of alkyl halides is 3. The molecule has 1 heterocycles. The van der Waals surface area contributed by atoms with Gasteiger partial charge in [-0.2, -0.15) is 18.4 Å². The van der Waals surface area contributed by atoms with Crippen molar-refractivity contribution in [1.29, 1.82) is 5.26 Å². The van der Waals surface area contributed by atoms with Crippen molar-refractivity contribution < 1.29 is 17.9 Å². The molecule has 0 spiro atoms. The van der Waals surface area contributed by atoms with Crippen LogP contribution in [0.4, 0.5) is 13.2 Å². The van der Waals surface area contributed by atoms with E-state index in [-0.39, 0.29) is 11.1 Å². The standard InChI is InChI=1S/C19H13F3N2OS/c1-2-25-16-6-4-3-5-12(16)9-13(11-23)18-24-15-10-14(19(20,21)22)7-8-17(15)26-18/h3-10H,2H2,1H3/b13-9+. The molecular formula is C19H13F3N2OS. The number of para-hydroxylation sites is 1. The van der Waals surface area contributed by atoms with E-state index < -0.39 is 11.7 Å². The summed E-state index contributed by atoms with van der Waals surface area (Å²) >= 11 is 1.18. The molecule has 0 aliphatic heterocycles. The Morgan fingerprint density at radius 1 is 1.27 bits per heavy atom. The largest absolute Gasteiger partial charge is 0.493 e. The van der Waals surface area contributed by atoms with Gasteiger partial charge in [-0.25, -0.2) is 4.98 Å². The van der Waals surface area contributed by atoms with Gasteiger partial charge >= 0.3 is 6.18 Å². The predicted molar refractivity (Wildman–Crippen MR) is 95.7 cm³/mol. The Bertz CT molecular complexity index is 1020. The average molecular weight is 374 g/mol. The lowest BCUT2D eigenvalue weighted by Crippen LogP contribution is -2.03. The highest BCUT2D eigenvalue weighted by Crippen LogP contribution is 2.35. The van der Waals surface area contributed by atoms with Crippen LogP contribution < -0.4 is 4.74 Å². The predicted octanol–water partition coefficient (Wildman–Crippen LogP) is 5.78. The molecule has 3 rings (SSSR count). The molecule has 0 aliphatic rings. The highest BCUT2D eigenvalue weighted by atomic mass is 32.1. The molecule has 0 fully saturated rings. The molecule has 2 aromatic carbocycles. The van der Waals surface area contributed by atoms with Gasteiger partial charge in [0, 0.05) is 5.56 Å². The molecule has 0 saturated heterocycles.